The predicted octanol–water partition coefficient (Wildman–Crippen LogP) is 1.94. The molecule has 0 spiro atoms. The Hall–Kier alpha value is -0.950. The Morgan fingerprint density at radius 3 is 2.12 bits per heavy atom. The van der Waals surface area contributed by atoms with Crippen molar-refractivity contribution in [1.29, 1.82) is 0 Å². The zero-order valence-corrected chi connectivity index (χ0v) is 16.2. The lowest BCUT2D eigenvalue weighted by molar-refractivity contribution is 0.0571. The fraction of sp³-hybridized carbons (Fsp3) is 0.667. The molecule has 0 bridgehead atoms. The minimum Gasteiger partial charge on any atom is -0.301 e. The Morgan fingerprint density at radius 2 is 1.62 bits per heavy atom. The molecular weight excluding hydrogens is 322 g/mol. The van der Waals surface area contributed by atoms with E-state index in [4.69, 9.17) is 0 Å². The number of aryl methyl sites for hydroxylation is 1. The highest BCUT2D eigenvalue weighted by molar-refractivity contribution is 7.89. The van der Waals surface area contributed by atoms with Crippen LogP contribution in [0.2, 0.25) is 0 Å². The average Bonchev–Trinajstić information content (AvgIpc) is 2.60. The van der Waals surface area contributed by atoms with E-state index in [1.54, 1.807) is 12.1 Å². The van der Waals surface area contributed by atoms with Gasteiger partial charge in [-0.15, -0.1) is 0 Å². The number of benzene rings is 1. The Morgan fingerprint density at radius 1 is 1.04 bits per heavy atom. The van der Waals surface area contributed by atoms with Gasteiger partial charge in [-0.05, 0) is 44.5 Å². The van der Waals surface area contributed by atoms with Crippen LogP contribution in [0.25, 0.3) is 0 Å². The van der Waals surface area contributed by atoms with E-state index in [1.807, 2.05) is 12.1 Å². The highest BCUT2D eigenvalue weighted by atomic mass is 32.2. The lowest BCUT2D eigenvalue weighted by Gasteiger charge is -2.44. The summed E-state index contributed by atoms with van der Waals surface area (Å²) in [5.41, 5.74) is 0.944. The van der Waals surface area contributed by atoms with Crippen LogP contribution in [0.3, 0.4) is 0 Å². The van der Waals surface area contributed by atoms with Gasteiger partial charge in [0.2, 0.25) is 10.0 Å². The summed E-state index contributed by atoms with van der Waals surface area (Å²) in [6.07, 6.45) is 0.907. The third kappa shape index (κ3) is 4.79. The van der Waals surface area contributed by atoms with Crippen LogP contribution in [-0.2, 0) is 16.4 Å². The molecule has 0 radical (unpaired) electrons. The van der Waals surface area contributed by atoms with Crippen molar-refractivity contribution in [3.8, 4) is 0 Å². The summed E-state index contributed by atoms with van der Waals surface area (Å²) in [5, 5.41) is 0. The molecule has 0 saturated carbocycles. The smallest absolute Gasteiger partial charge is 0.240 e. The van der Waals surface area contributed by atoms with Crippen molar-refractivity contribution in [2.45, 2.75) is 44.6 Å². The van der Waals surface area contributed by atoms with Gasteiger partial charge in [0.1, 0.15) is 0 Å². The number of sulfonamides is 1. The second-order valence-electron chi connectivity index (χ2n) is 7.06. The van der Waals surface area contributed by atoms with Gasteiger partial charge in [-0.25, -0.2) is 13.1 Å². The van der Waals surface area contributed by atoms with Crippen LogP contribution in [0.5, 0.6) is 0 Å². The zero-order valence-electron chi connectivity index (χ0n) is 15.4. The highest BCUT2D eigenvalue weighted by Crippen LogP contribution is 2.18. The number of nitrogens with one attached hydrogen (secondary N) is 1. The van der Waals surface area contributed by atoms with Crippen molar-refractivity contribution < 1.29 is 8.42 Å². The number of hydrogen-bond donors (Lipinski definition) is 1. The first kappa shape index (κ1) is 19.4. The standard InChI is InChI=1S/C18H31N3O2S/c1-5-16-7-9-17(10-8-16)24(22,23)19-15-18(3,4)21-13-11-20(6-2)12-14-21/h7-10,19H,5-6,11-15H2,1-4H3. The largest absolute Gasteiger partial charge is 0.301 e. The quantitative estimate of drug-likeness (QED) is 0.814. The molecule has 1 heterocycles. The van der Waals surface area contributed by atoms with E-state index in [0.29, 0.717) is 11.4 Å². The number of nitrogens with zero attached hydrogens (tertiary/aromatic N) is 2. The molecule has 2 rings (SSSR count). The third-order valence-electron chi connectivity index (χ3n) is 5.01. The molecule has 0 aliphatic carbocycles. The first-order chi connectivity index (χ1) is 11.3. The van der Waals surface area contributed by atoms with Gasteiger partial charge < -0.3 is 4.90 Å². The molecular formula is C18H31N3O2S. The topological polar surface area (TPSA) is 52.7 Å². The summed E-state index contributed by atoms with van der Waals surface area (Å²) in [6, 6.07) is 7.13. The van der Waals surface area contributed by atoms with Crippen molar-refractivity contribution in [3.05, 3.63) is 29.8 Å². The van der Waals surface area contributed by atoms with Gasteiger partial charge in [0.15, 0.2) is 0 Å². The number of rotatable bonds is 7. The summed E-state index contributed by atoms with van der Waals surface area (Å²) in [7, 11) is -3.46. The minimum absolute atomic E-state index is 0.198. The molecule has 136 valence electrons. The third-order valence-corrected chi connectivity index (χ3v) is 6.43. The molecule has 24 heavy (non-hydrogen) atoms. The molecule has 0 amide bonds. The van der Waals surface area contributed by atoms with E-state index in [9.17, 15) is 8.42 Å². The molecule has 1 aromatic carbocycles. The van der Waals surface area contributed by atoms with Gasteiger partial charge in [0.05, 0.1) is 4.90 Å². The summed E-state index contributed by atoms with van der Waals surface area (Å²) in [6.45, 7) is 14.0. The molecule has 1 fully saturated rings. The maximum atomic E-state index is 12.5. The van der Waals surface area contributed by atoms with Crippen molar-refractivity contribution in [2.75, 3.05) is 39.3 Å². The molecule has 5 nitrogen and oxygen atoms in total. The monoisotopic (exact) mass is 353 g/mol. The van der Waals surface area contributed by atoms with Crippen molar-refractivity contribution in [3.63, 3.8) is 0 Å². The average molecular weight is 354 g/mol. The Balaban J connectivity index is 1.97. The molecule has 0 unspecified atom stereocenters. The second kappa shape index (κ2) is 7.95. The van der Waals surface area contributed by atoms with Gasteiger partial charge in [0, 0.05) is 38.3 Å². The van der Waals surface area contributed by atoms with Crippen LogP contribution in [-0.4, -0.2) is 63.0 Å². The first-order valence-corrected chi connectivity index (χ1v) is 10.3. The fourth-order valence-electron chi connectivity index (χ4n) is 3.04. The van der Waals surface area contributed by atoms with Crippen molar-refractivity contribution in [1.82, 2.24) is 14.5 Å². The number of piperazine rings is 1. The lowest BCUT2D eigenvalue weighted by Crippen LogP contribution is -2.58. The molecule has 1 N–H and O–H groups in total. The van der Waals surface area contributed by atoms with Crippen molar-refractivity contribution >= 4 is 10.0 Å². The molecule has 1 aliphatic heterocycles. The van der Waals surface area contributed by atoms with E-state index >= 15 is 0 Å². The number of hydrogen-bond acceptors (Lipinski definition) is 4. The van der Waals surface area contributed by atoms with E-state index in [0.717, 1.165) is 44.7 Å². The van der Waals surface area contributed by atoms with Crippen LogP contribution in [0.15, 0.2) is 29.2 Å². The molecule has 0 atom stereocenters. The second-order valence-corrected chi connectivity index (χ2v) is 8.82. The van der Waals surface area contributed by atoms with Crippen LogP contribution >= 0.6 is 0 Å². The van der Waals surface area contributed by atoms with E-state index in [1.165, 1.54) is 0 Å². The minimum atomic E-state index is -3.46. The Labute approximate surface area is 147 Å². The summed E-state index contributed by atoms with van der Waals surface area (Å²) in [5.74, 6) is 0. The maximum Gasteiger partial charge on any atom is 0.240 e. The van der Waals surface area contributed by atoms with E-state index < -0.39 is 10.0 Å². The van der Waals surface area contributed by atoms with Crippen LogP contribution in [0.4, 0.5) is 0 Å². The van der Waals surface area contributed by atoms with Crippen LogP contribution in [0, 0.1) is 0 Å². The Bertz CT molecular complexity index is 618. The lowest BCUT2D eigenvalue weighted by atomic mass is 10.0. The van der Waals surface area contributed by atoms with Gasteiger partial charge >= 0.3 is 0 Å². The summed E-state index contributed by atoms with van der Waals surface area (Å²) < 4.78 is 27.8. The van der Waals surface area contributed by atoms with E-state index in [-0.39, 0.29) is 5.54 Å². The first-order valence-electron chi connectivity index (χ1n) is 8.84. The summed E-state index contributed by atoms with van der Waals surface area (Å²) in [4.78, 5) is 5.14. The SMILES string of the molecule is CCc1ccc(S(=O)(=O)NCC(C)(C)N2CCN(CC)CC2)cc1. The predicted molar refractivity (Wildman–Crippen MR) is 98.8 cm³/mol. The van der Waals surface area contributed by atoms with E-state index in [2.05, 4.69) is 42.2 Å². The summed E-state index contributed by atoms with van der Waals surface area (Å²) >= 11 is 0. The Kier molecular flexibility index (Phi) is 6.42. The van der Waals surface area contributed by atoms with Crippen LogP contribution < -0.4 is 4.72 Å². The zero-order chi connectivity index (χ0) is 17.8. The fourth-order valence-corrected chi connectivity index (χ4v) is 4.24. The van der Waals surface area contributed by atoms with Gasteiger partial charge in [0.25, 0.3) is 0 Å². The number of likely N-dealkylation sites (N-methyl/N-ethyl adjacent to an activating group) is 1. The van der Waals surface area contributed by atoms with Gasteiger partial charge in [-0.2, -0.15) is 0 Å². The molecule has 6 heteroatoms. The molecule has 0 aromatic heterocycles. The van der Waals surface area contributed by atoms with Gasteiger partial charge in [-0.3, -0.25) is 4.90 Å². The van der Waals surface area contributed by atoms with Crippen LogP contribution in [0.1, 0.15) is 33.3 Å². The molecule has 1 saturated heterocycles. The maximum absolute atomic E-state index is 12.5. The van der Waals surface area contributed by atoms with Crippen molar-refractivity contribution in [2.24, 2.45) is 0 Å². The highest BCUT2D eigenvalue weighted by Gasteiger charge is 2.31. The van der Waals surface area contributed by atoms with Gasteiger partial charge in [-0.1, -0.05) is 26.0 Å². The normalized spacial score (nSPS) is 18.0. The molecule has 1 aromatic rings. The molecule has 1 aliphatic rings.